The molecule has 1 aliphatic rings. The van der Waals surface area contributed by atoms with Crippen LogP contribution in [0.15, 0.2) is 0 Å². The number of nitrogens with two attached hydrogens (primary N) is 1. The molecule has 0 saturated carbocycles. The van der Waals surface area contributed by atoms with E-state index in [-0.39, 0.29) is 18.2 Å². The van der Waals surface area contributed by atoms with Gasteiger partial charge in [0, 0.05) is 18.6 Å². The highest BCUT2D eigenvalue weighted by Gasteiger charge is 2.38. The summed E-state index contributed by atoms with van der Waals surface area (Å²) in [6.07, 6.45) is 0.728. The summed E-state index contributed by atoms with van der Waals surface area (Å²) in [6, 6.07) is 0. The van der Waals surface area contributed by atoms with E-state index in [1.165, 1.54) is 4.31 Å². The molecule has 0 bridgehead atoms. The van der Waals surface area contributed by atoms with Gasteiger partial charge in [0.1, 0.15) is 0 Å². The Labute approximate surface area is 85.9 Å². The molecule has 0 atom stereocenters. The molecule has 1 rings (SSSR count). The van der Waals surface area contributed by atoms with Gasteiger partial charge in [0.05, 0.1) is 5.75 Å². The van der Waals surface area contributed by atoms with Crippen molar-refractivity contribution in [2.45, 2.75) is 25.8 Å². The van der Waals surface area contributed by atoms with Crippen LogP contribution in [0.4, 0.5) is 0 Å². The van der Waals surface area contributed by atoms with Crippen molar-refractivity contribution in [2.24, 2.45) is 5.73 Å². The maximum absolute atomic E-state index is 11.4. The molecule has 0 spiro atoms. The van der Waals surface area contributed by atoms with Crippen LogP contribution in [0.2, 0.25) is 0 Å². The lowest BCUT2D eigenvalue weighted by Gasteiger charge is -2.32. The molecule has 1 fully saturated rings. The summed E-state index contributed by atoms with van der Waals surface area (Å²) < 4.78 is 24.4. The first kappa shape index (κ1) is 13.2. The van der Waals surface area contributed by atoms with E-state index >= 15 is 0 Å². The summed E-state index contributed by atoms with van der Waals surface area (Å²) in [7, 11) is -3.00. The normalized spacial score (nSPS) is 22.7. The van der Waals surface area contributed by atoms with Gasteiger partial charge in [-0.25, -0.2) is 8.42 Å². The Morgan fingerprint density at radius 3 is 2.31 bits per heavy atom. The average Bonchev–Trinajstić information content (AvgIpc) is 2.30. The van der Waals surface area contributed by atoms with E-state index in [1.54, 1.807) is 0 Å². The second-order valence-corrected chi connectivity index (χ2v) is 5.77. The van der Waals surface area contributed by atoms with Crippen molar-refractivity contribution in [1.29, 1.82) is 0 Å². The van der Waals surface area contributed by atoms with E-state index in [0.717, 1.165) is 6.42 Å². The topological polar surface area (TPSA) is 63.4 Å². The maximum Gasteiger partial charge on any atom is 0.214 e. The molecule has 1 aliphatic heterocycles. The zero-order valence-electron chi connectivity index (χ0n) is 7.99. The lowest BCUT2D eigenvalue weighted by molar-refractivity contribution is 0.251. The summed E-state index contributed by atoms with van der Waals surface area (Å²) in [5.41, 5.74) is 5.08. The Hall–Kier alpha value is 0.160. The molecular weight excluding hydrogens is 212 g/mol. The summed E-state index contributed by atoms with van der Waals surface area (Å²) >= 11 is 0. The fourth-order valence-electron chi connectivity index (χ4n) is 1.42. The van der Waals surface area contributed by atoms with E-state index in [4.69, 9.17) is 5.73 Å². The third kappa shape index (κ3) is 2.56. The first-order valence-electron chi connectivity index (χ1n) is 4.11. The van der Waals surface area contributed by atoms with Crippen molar-refractivity contribution in [3.63, 3.8) is 0 Å². The summed E-state index contributed by atoms with van der Waals surface area (Å²) in [5, 5.41) is 0. The number of halogens is 1. The van der Waals surface area contributed by atoms with Crippen LogP contribution in [-0.2, 0) is 10.0 Å². The van der Waals surface area contributed by atoms with Gasteiger partial charge < -0.3 is 5.73 Å². The van der Waals surface area contributed by atoms with Gasteiger partial charge in [0.2, 0.25) is 10.0 Å². The van der Waals surface area contributed by atoms with Gasteiger partial charge in [-0.3, -0.25) is 0 Å². The van der Waals surface area contributed by atoms with E-state index in [9.17, 15) is 8.42 Å². The molecule has 1 saturated heterocycles. The third-order valence-electron chi connectivity index (χ3n) is 2.27. The predicted molar refractivity (Wildman–Crippen MR) is 55.5 cm³/mol. The van der Waals surface area contributed by atoms with Gasteiger partial charge in [-0.05, 0) is 20.3 Å². The van der Waals surface area contributed by atoms with Gasteiger partial charge in [0.15, 0.2) is 0 Å². The van der Waals surface area contributed by atoms with Crippen LogP contribution in [0.1, 0.15) is 20.3 Å². The smallest absolute Gasteiger partial charge is 0.214 e. The highest BCUT2D eigenvalue weighted by molar-refractivity contribution is 7.89. The summed E-state index contributed by atoms with van der Waals surface area (Å²) in [5.74, 6) is 0.274. The molecule has 0 radical (unpaired) electrons. The highest BCUT2D eigenvalue weighted by Crippen LogP contribution is 2.23. The van der Waals surface area contributed by atoms with Gasteiger partial charge in [-0.15, -0.1) is 12.4 Å². The van der Waals surface area contributed by atoms with Crippen LogP contribution in [0.3, 0.4) is 0 Å². The minimum atomic E-state index is -3.00. The zero-order valence-corrected chi connectivity index (χ0v) is 9.62. The Bertz CT molecular complexity index is 264. The fourth-order valence-corrected chi connectivity index (χ4v) is 3.37. The minimum absolute atomic E-state index is 0. The van der Waals surface area contributed by atoms with Crippen LogP contribution < -0.4 is 5.73 Å². The molecule has 0 aromatic heterocycles. The van der Waals surface area contributed by atoms with Crippen molar-refractivity contribution in [3.05, 3.63) is 0 Å². The van der Waals surface area contributed by atoms with Crippen LogP contribution in [0, 0.1) is 0 Å². The first-order chi connectivity index (χ1) is 5.40. The summed E-state index contributed by atoms with van der Waals surface area (Å²) in [4.78, 5) is 0. The SMILES string of the molecule is CC(C)(CN)N1CCCS1(=O)=O.Cl. The minimum Gasteiger partial charge on any atom is -0.329 e. The number of rotatable bonds is 2. The lowest BCUT2D eigenvalue weighted by Crippen LogP contribution is -2.49. The number of nitrogens with zero attached hydrogens (tertiary/aromatic N) is 1. The molecule has 1 heterocycles. The molecule has 0 aromatic carbocycles. The number of hydrogen-bond acceptors (Lipinski definition) is 3. The van der Waals surface area contributed by atoms with Crippen LogP contribution in [-0.4, -0.2) is 37.1 Å². The molecular formula is C7H17ClN2O2S. The summed E-state index contributed by atoms with van der Waals surface area (Å²) in [6.45, 7) is 4.70. The van der Waals surface area contributed by atoms with Crippen molar-refractivity contribution in [2.75, 3.05) is 18.8 Å². The Balaban J connectivity index is 0.00000144. The largest absolute Gasteiger partial charge is 0.329 e. The monoisotopic (exact) mass is 228 g/mol. The molecule has 2 N–H and O–H groups in total. The van der Waals surface area contributed by atoms with E-state index in [1.807, 2.05) is 13.8 Å². The molecule has 0 unspecified atom stereocenters. The van der Waals surface area contributed by atoms with Crippen molar-refractivity contribution < 1.29 is 8.42 Å². The lowest BCUT2D eigenvalue weighted by atomic mass is 10.1. The molecule has 80 valence electrons. The Morgan fingerprint density at radius 1 is 1.46 bits per heavy atom. The molecule has 0 aromatic rings. The van der Waals surface area contributed by atoms with Gasteiger partial charge in [-0.2, -0.15) is 4.31 Å². The van der Waals surface area contributed by atoms with Gasteiger partial charge in [-0.1, -0.05) is 0 Å². The molecule has 4 nitrogen and oxygen atoms in total. The molecule has 13 heavy (non-hydrogen) atoms. The van der Waals surface area contributed by atoms with Crippen molar-refractivity contribution in [1.82, 2.24) is 4.31 Å². The van der Waals surface area contributed by atoms with Gasteiger partial charge in [0.25, 0.3) is 0 Å². The second-order valence-electron chi connectivity index (χ2n) is 3.76. The number of sulfonamides is 1. The standard InChI is InChI=1S/C7H16N2O2S.ClH/c1-7(2,6-8)9-4-3-5-12(9,10)11;/h3-6,8H2,1-2H3;1H. The molecule has 0 aliphatic carbocycles. The highest BCUT2D eigenvalue weighted by atomic mass is 35.5. The Morgan fingerprint density at radius 2 is 2.00 bits per heavy atom. The Kier molecular flexibility index (Phi) is 4.18. The fraction of sp³-hybridized carbons (Fsp3) is 1.00. The van der Waals surface area contributed by atoms with Crippen LogP contribution >= 0.6 is 12.4 Å². The maximum atomic E-state index is 11.4. The second kappa shape index (κ2) is 4.13. The van der Waals surface area contributed by atoms with Gasteiger partial charge >= 0.3 is 0 Å². The van der Waals surface area contributed by atoms with E-state index < -0.39 is 15.6 Å². The van der Waals surface area contributed by atoms with E-state index in [0.29, 0.717) is 13.1 Å². The number of hydrogen-bond donors (Lipinski definition) is 1. The zero-order chi connectivity index (χ0) is 9.41. The van der Waals surface area contributed by atoms with Crippen molar-refractivity contribution >= 4 is 22.4 Å². The van der Waals surface area contributed by atoms with Crippen molar-refractivity contribution in [3.8, 4) is 0 Å². The third-order valence-corrected chi connectivity index (χ3v) is 4.43. The average molecular weight is 229 g/mol. The van der Waals surface area contributed by atoms with E-state index in [2.05, 4.69) is 0 Å². The quantitative estimate of drug-likeness (QED) is 0.734. The molecule has 0 amide bonds. The first-order valence-corrected chi connectivity index (χ1v) is 5.72. The predicted octanol–water partition coefficient (Wildman–Crippen LogP) is 0.181. The van der Waals surface area contributed by atoms with Crippen LogP contribution in [0.5, 0.6) is 0 Å². The molecule has 6 heteroatoms. The van der Waals surface area contributed by atoms with Crippen LogP contribution in [0.25, 0.3) is 0 Å².